The Morgan fingerprint density at radius 1 is 0.841 bits per heavy atom. The maximum absolute atomic E-state index is 15.5. The summed E-state index contributed by atoms with van der Waals surface area (Å²) in [4.78, 5) is 14.9. The van der Waals surface area contributed by atoms with Crippen LogP contribution < -0.4 is 4.90 Å². The molecule has 3 fully saturated rings. The van der Waals surface area contributed by atoms with Gasteiger partial charge in [-0.05, 0) is 78.3 Å². The number of amides is 1. The summed E-state index contributed by atoms with van der Waals surface area (Å²) in [7, 11) is 0. The molecule has 2 saturated carbocycles. The lowest BCUT2D eigenvalue weighted by Crippen LogP contribution is -2.64. The lowest BCUT2D eigenvalue weighted by atomic mass is 9.68. The first-order valence-electron chi connectivity index (χ1n) is 14.6. The fraction of sp³-hybridized carbons (Fsp3) is 0.424. The van der Waals surface area contributed by atoms with Gasteiger partial charge in [-0.2, -0.15) is 0 Å². The SMILES string of the molecule is O=C1[C@H](CC[C@H](O)c2ccc(F)cc2)[C@@H](c2ccc(C3CC34[C@H](O)[C@@H](O)[C@H](O)[C@@H](CO)C4(F)F)cc2)N1c1ccc(F)cc1. The number of carbonyl (C=O) groups excluding carboxylic acids is 1. The van der Waals surface area contributed by atoms with E-state index in [9.17, 15) is 39.1 Å². The normalized spacial score (nSPS) is 33.2. The van der Waals surface area contributed by atoms with Crippen LogP contribution in [0.4, 0.5) is 23.2 Å². The maximum atomic E-state index is 15.5. The van der Waals surface area contributed by atoms with Gasteiger partial charge < -0.3 is 30.4 Å². The van der Waals surface area contributed by atoms with Crippen LogP contribution in [-0.2, 0) is 4.79 Å². The minimum absolute atomic E-state index is 0.158. The van der Waals surface area contributed by atoms with Gasteiger partial charge in [-0.3, -0.25) is 4.79 Å². The third-order valence-electron chi connectivity index (χ3n) is 9.90. The highest BCUT2D eigenvalue weighted by atomic mass is 19.3. The number of nitrogens with zero attached hydrogens (tertiary/aromatic N) is 1. The van der Waals surface area contributed by atoms with Crippen molar-refractivity contribution in [2.45, 2.75) is 61.6 Å². The summed E-state index contributed by atoms with van der Waals surface area (Å²) < 4.78 is 58.1. The topological polar surface area (TPSA) is 121 Å². The van der Waals surface area contributed by atoms with Crippen molar-refractivity contribution in [3.8, 4) is 0 Å². The van der Waals surface area contributed by atoms with Crippen molar-refractivity contribution in [2.24, 2.45) is 17.3 Å². The molecule has 3 aromatic carbocycles. The van der Waals surface area contributed by atoms with Gasteiger partial charge in [0.25, 0.3) is 5.92 Å². The lowest BCUT2D eigenvalue weighted by Gasteiger charge is -2.48. The highest BCUT2D eigenvalue weighted by molar-refractivity contribution is 6.03. The van der Waals surface area contributed by atoms with Gasteiger partial charge in [-0.1, -0.05) is 36.4 Å². The van der Waals surface area contributed by atoms with Crippen LogP contribution in [0.15, 0.2) is 72.8 Å². The van der Waals surface area contributed by atoms with Crippen LogP contribution in [0.3, 0.4) is 0 Å². The Kier molecular flexibility index (Phi) is 7.82. The number of hydrogen-bond donors (Lipinski definition) is 5. The molecule has 11 heteroatoms. The van der Waals surface area contributed by atoms with Crippen LogP contribution in [0.25, 0.3) is 0 Å². The van der Waals surface area contributed by atoms with Gasteiger partial charge in [0.1, 0.15) is 17.7 Å². The molecule has 3 aliphatic rings. The molecular formula is C33H33F4NO6. The molecule has 3 aromatic rings. The third kappa shape index (κ3) is 4.73. The first-order valence-corrected chi connectivity index (χ1v) is 14.6. The van der Waals surface area contributed by atoms with Crippen molar-refractivity contribution in [1.29, 1.82) is 0 Å². The van der Waals surface area contributed by atoms with Gasteiger partial charge in [0.05, 0.1) is 48.2 Å². The van der Waals surface area contributed by atoms with Gasteiger partial charge in [0.2, 0.25) is 5.91 Å². The summed E-state index contributed by atoms with van der Waals surface area (Å²) in [5, 5.41) is 51.3. The number of aliphatic hydroxyl groups is 5. The molecule has 1 amide bonds. The highest BCUT2D eigenvalue weighted by Crippen LogP contribution is 2.73. The summed E-state index contributed by atoms with van der Waals surface area (Å²) in [5.41, 5.74) is 0.0695. The number of rotatable bonds is 8. The largest absolute Gasteiger partial charge is 0.396 e. The highest BCUT2D eigenvalue weighted by Gasteiger charge is 2.79. The zero-order valence-corrected chi connectivity index (χ0v) is 23.5. The summed E-state index contributed by atoms with van der Waals surface area (Å²) in [5.74, 6) is -8.13. The van der Waals surface area contributed by atoms with Crippen molar-refractivity contribution in [2.75, 3.05) is 11.5 Å². The van der Waals surface area contributed by atoms with E-state index in [-0.39, 0.29) is 25.2 Å². The van der Waals surface area contributed by atoms with E-state index in [0.717, 1.165) is 0 Å². The molecule has 9 atom stereocenters. The Morgan fingerprint density at radius 3 is 2.00 bits per heavy atom. The van der Waals surface area contributed by atoms with Gasteiger partial charge in [-0.15, -0.1) is 0 Å². The van der Waals surface area contributed by atoms with Gasteiger partial charge >= 0.3 is 0 Å². The molecule has 0 bridgehead atoms. The maximum Gasteiger partial charge on any atom is 0.264 e. The molecule has 7 nitrogen and oxygen atoms in total. The minimum atomic E-state index is -3.65. The molecule has 1 spiro atoms. The molecule has 1 saturated heterocycles. The molecule has 6 rings (SSSR count). The molecule has 2 unspecified atom stereocenters. The second-order valence-corrected chi connectivity index (χ2v) is 12.2. The van der Waals surface area contributed by atoms with E-state index >= 15 is 8.78 Å². The van der Waals surface area contributed by atoms with Crippen molar-refractivity contribution in [3.63, 3.8) is 0 Å². The van der Waals surface area contributed by atoms with E-state index in [1.165, 1.54) is 53.4 Å². The molecule has 44 heavy (non-hydrogen) atoms. The van der Waals surface area contributed by atoms with E-state index in [4.69, 9.17) is 0 Å². The smallest absolute Gasteiger partial charge is 0.264 e. The Morgan fingerprint density at radius 2 is 1.41 bits per heavy atom. The Balaban J connectivity index is 1.25. The number of hydrogen-bond acceptors (Lipinski definition) is 6. The number of benzene rings is 3. The van der Waals surface area contributed by atoms with Crippen LogP contribution >= 0.6 is 0 Å². The average molecular weight is 616 g/mol. The molecular weight excluding hydrogens is 582 g/mol. The van der Waals surface area contributed by atoms with Crippen molar-refractivity contribution in [3.05, 3.63) is 101 Å². The minimum Gasteiger partial charge on any atom is -0.396 e. The van der Waals surface area contributed by atoms with Crippen LogP contribution in [0.2, 0.25) is 0 Å². The predicted octanol–water partition coefficient (Wildman–Crippen LogP) is 4.00. The van der Waals surface area contributed by atoms with E-state index in [1.54, 1.807) is 24.3 Å². The number of alkyl halides is 2. The molecule has 0 radical (unpaired) electrons. The molecule has 234 valence electrons. The van der Waals surface area contributed by atoms with Gasteiger partial charge in [0.15, 0.2) is 0 Å². The summed E-state index contributed by atoms with van der Waals surface area (Å²) in [6, 6.07) is 17.0. The monoisotopic (exact) mass is 615 g/mol. The van der Waals surface area contributed by atoms with E-state index in [0.29, 0.717) is 22.4 Å². The zero-order chi connectivity index (χ0) is 31.6. The Hall–Kier alpha value is -3.35. The van der Waals surface area contributed by atoms with Crippen LogP contribution in [-0.4, -0.2) is 62.3 Å². The second kappa shape index (κ2) is 11.2. The average Bonchev–Trinajstić information content (AvgIpc) is 3.77. The summed E-state index contributed by atoms with van der Waals surface area (Å²) in [6.45, 7) is -1.06. The molecule has 0 aromatic heterocycles. The molecule has 1 aliphatic heterocycles. The predicted molar refractivity (Wildman–Crippen MR) is 150 cm³/mol. The fourth-order valence-corrected chi connectivity index (χ4v) is 7.31. The van der Waals surface area contributed by atoms with Crippen LogP contribution in [0, 0.1) is 28.9 Å². The van der Waals surface area contributed by atoms with E-state index in [2.05, 4.69) is 0 Å². The summed E-state index contributed by atoms with van der Waals surface area (Å²) >= 11 is 0. The van der Waals surface area contributed by atoms with Crippen molar-refractivity contribution < 1.29 is 47.9 Å². The standard InChI is InChI=1S/C33H33F4NO6/c34-20-7-5-18(6-8-20)26(40)14-13-23-27(38(31(23)44)22-11-9-21(35)10-12-22)19-3-1-17(2-4-19)24-15-32(24)30(43)29(42)28(41)25(16-39)33(32,36)37/h1-12,23-30,39-43H,13-16H2/t23-,24?,25-,26+,27-,28-,29+,30-,32?/m1/s1. The number of aliphatic hydroxyl groups excluding tert-OH is 5. The first kappa shape index (κ1) is 30.7. The molecule has 1 heterocycles. The van der Waals surface area contributed by atoms with E-state index in [1.807, 2.05) is 0 Å². The third-order valence-corrected chi connectivity index (χ3v) is 9.90. The Labute approximate surface area is 251 Å². The second-order valence-electron chi connectivity index (χ2n) is 12.2. The van der Waals surface area contributed by atoms with Gasteiger partial charge in [-0.25, -0.2) is 17.6 Å². The summed E-state index contributed by atoms with van der Waals surface area (Å²) in [6.07, 6.45) is -6.32. The van der Waals surface area contributed by atoms with Crippen molar-refractivity contribution in [1.82, 2.24) is 0 Å². The first-order chi connectivity index (χ1) is 20.9. The molecule has 5 N–H and O–H groups in total. The number of anilines is 1. The molecule has 2 aliphatic carbocycles. The number of halogens is 4. The lowest BCUT2D eigenvalue weighted by molar-refractivity contribution is -0.265. The van der Waals surface area contributed by atoms with Crippen LogP contribution in [0.5, 0.6) is 0 Å². The quantitative estimate of drug-likeness (QED) is 0.193. The zero-order valence-electron chi connectivity index (χ0n) is 23.5. The number of β-lactam (4-membered cyclic amide) rings is 1. The van der Waals surface area contributed by atoms with Crippen molar-refractivity contribution >= 4 is 11.6 Å². The number of carbonyl (C=O) groups is 1. The van der Waals surface area contributed by atoms with Gasteiger partial charge in [0, 0.05) is 5.69 Å². The van der Waals surface area contributed by atoms with Crippen LogP contribution in [0.1, 0.15) is 54.0 Å². The Bertz CT molecular complexity index is 1500. The van der Waals surface area contributed by atoms with E-state index < -0.39 is 77.8 Å². The fourth-order valence-electron chi connectivity index (χ4n) is 7.31.